The number of rotatable bonds is 2. The summed E-state index contributed by atoms with van der Waals surface area (Å²) >= 11 is 1.50. The maximum Gasteiger partial charge on any atom is 0.231 e. The zero-order valence-corrected chi connectivity index (χ0v) is 13.6. The first kappa shape index (κ1) is 13.7. The van der Waals surface area contributed by atoms with E-state index in [0.29, 0.717) is 10.8 Å². The fourth-order valence-corrected chi connectivity index (χ4v) is 4.18. The van der Waals surface area contributed by atoms with Crippen molar-refractivity contribution in [3.05, 3.63) is 48.0 Å². The van der Waals surface area contributed by atoms with Crippen molar-refractivity contribution in [2.24, 2.45) is 10.2 Å². The number of hydrogen-bond donors (Lipinski definition) is 1. The van der Waals surface area contributed by atoms with Crippen LogP contribution in [0, 0.1) is 0 Å². The summed E-state index contributed by atoms with van der Waals surface area (Å²) in [6.45, 7) is 0.815. The molecular weight excluding hydrogens is 320 g/mol. The maximum atomic E-state index is 10.6. The quantitative estimate of drug-likeness (QED) is 0.504. The molecule has 2 aromatic carbocycles. The average Bonchev–Trinajstić information content (AvgIpc) is 3.15. The van der Waals surface area contributed by atoms with Gasteiger partial charge in [-0.1, -0.05) is 41.7 Å². The third kappa shape index (κ3) is 1.96. The van der Waals surface area contributed by atoms with Gasteiger partial charge < -0.3 is 9.67 Å². The first-order valence-corrected chi connectivity index (χ1v) is 8.73. The summed E-state index contributed by atoms with van der Waals surface area (Å²) in [6.07, 6.45) is 2.07. The molecule has 3 heterocycles. The predicted molar refractivity (Wildman–Crippen MR) is 95.7 cm³/mol. The van der Waals surface area contributed by atoms with Crippen LogP contribution in [0.3, 0.4) is 0 Å². The standard InChI is InChI=1S/C18H14N4OS/c23-17-15(12-7-3-5-11-6-4-10-22(17)16(11)12)20-21-18-19-13-8-1-2-9-14(13)24-18/h1-3,5,7-9,23H,4,6,10H2. The number of thiazole rings is 1. The van der Waals surface area contributed by atoms with Gasteiger partial charge in [-0.2, -0.15) is 0 Å². The molecule has 0 aliphatic carbocycles. The summed E-state index contributed by atoms with van der Waals surface area (Å²) in [7, 11) is 0. The summed E-state index contributed by atoms with van der Waals surface area (Å²) in [4.78, 5) is 4.46. The molecule has 0 saturated carbocycles. The average molecular weight is 334 g/mol. The highest BCUT2D eigenvalue weighted by Crippen LogP contribution is 2.43. The van der Waals surface area contributed by atoms with Gasteiger partial charge in [0, 0.05) is 11.9 Å². The second-order valence-corrected chi connectivity index (χ2v) is 6.91. The highest BCUT2D eigenvalue weighted by atomic mass is 32.1. The molecule has 0 spiro atoms. The Kier molecular flexibility index (Phi) is 2.93. The zero-order chi connectivity index (χ0) is 16.1. The number of nitrogens with zero attached hydrogens (tertiary/aromatic N) is 4. The van der Waals surface area contributed by atoms with E-state index in [-0.39, 0.29) is 5.88 Å². The maximum absolute atomic E-state index is 10.6. The van der Waals surface area contributed by atoms with E-state index in [1.54, 1.807) is 0 Å². The lowest BCUT2D eigenvalue weighted by Crippen LogP contribution is -2.06. The van der Waals surface area contributed by atoms with Crippen LogP contribution in [0.1, 0.15) is 12.0 Å². The Labute approximate surface area is 141 Å². The van der Waals surface area contributed by atoms with E-state index in [9.17, 15) is 5.11 Å². The molecule has 0 bridgehead atoms. The Bertz CT molecular complexity index is 1080. The van der Waals surface area contributed by atoms with Crippen LogP contribution in [-0.2, 0) is 13.0 Å². The van der Waals surface area contributed by atoms with Crippen LogP contribution in [0.4, 0.5) is 10.8 Å². The molecule has 0 radical (unpaired) electrons. The first-order valence-electron chi connectivity index (χ1n) is 7.91. The number of aromatic nitrogens is 2. The van der Waals surface area contributed by atoms with Crippen molar-refractivity contribution < 1.29 is 5.11 Å². The minimum Gasteiger partial charge on any atom is -0.493 e. The third-order valence-electron chi connectivity index (χ3n) is 4.46. The number of benzene rings is 2. The van der Waals surface area contributed by atoms with E-state index in [0.717, 1.165) is 40.5 Å². The van der Waals surface area contributed by atoms with Crippen LogP contribution in [-0.4, -0.2) is 14.7 Å². The summed E-state index contributed by atoms with van der Waals surface area (Å²) in [5.74, 6) is 0.196. The number of azo groups is 1. The Morgan fingerprint density at radius 3 is 2.92 bits per heavy atom. The Balaban J connectivity index is 1.64. The van der Waals surface area contributed by atoms with Gasteiger partial charge in [-0.15, -0.1) is 10.2 Å². The minimum absolute atomic E-state index is 0.196. The number of aromatic hydroxyl groups is 1. The number of hydrogen-bond acceptors (Lipinski definition) is 5. The summed E-state index contributed by atoms with van der Waals surface area (Å²) in [5.41, 5.74) is 3.80. The molecule has 0 atom stereocenters. The minimum atomic E-state index is 0.196. The molecule has 2 aromatic heterocycles. The third-order valence-corrected chi connectivity index (χ3v) is 5.38. The van der Waals surface area contributed by atoms with Gasteiger partial charge in [-0.3, -0.25) is 0 Å². The molecule has 24 heavy (non-hydrogen) atoms. The molecule has 1 aliphatic rings. The lowest BCUT2D eigenvalue weighted by molar-refractivity contribution is 0.415. The van der Waals surface area contributed by atoms with Gasteiger partial charge in [0.2, 0.25) is 11.0 Å². The van der Waals surface area contributed by atoms with Crippen LogP contribution >= 0.6 is 11.3 Å². The molecule has 0 saturated heterocycles. The molecule has 0 unspecified atom stereocenters. The molecule has 0 amide bonds. The topological polar surface area (TPSA) is 62.8 Å². The highest BCUT2D eigenvalue weighted by molar-refractivity contribution is 7.21. The van der Waals surface area contributed by atoms with Gasteiger partial charge in [0.25, 0.3) is 0 Å². The summed E-state index contributed by atoms with van der Waals surface area (Å²) in [6, 6.07) is 14.0. The van der Waals surface area contributed by atoms with Crippen molar-refractivity contribution in [2.45, 2.75) is 19.4 Å². The summed E-state index contributed by atoms with van der Waals surface area (Å²) < 4.78 is 3.03. The highest BCUT2D eigenvalue weighted by Gasteiger charge is 2.21. The molecule has 1 aliphatic heterocycles. The lowest BCUT2D eigenvalue weighted by atomic mass is 10.0. The smallest absolute Gasteiger partial charge is 0.231 e. The number of fused-ring (bicyclic) bond motifs is 1. The van der Waals surface area contributed by atoms with Crippen molar-refractivity contribution >= 4 is 43.3 Å². The molecule has 5 nitrogen and oxygen atoms in total. The van der Waals surface area contributed by atoms with Crippen molar-refractivity contribution in [1.82, 2.24) is 9.55 Å². The van der Waals surface area contributed by atoms with Gasteiger partial charge in [0.05, 0.1) is 15.7 Å². The van der Waals surface area contributed by atoms with Crippen LogP contribution in [0.25, 0.3) is 21.1 Å². The SMILES string of the molecule is Oc1c(N=Nc2nc3ccccc3s2)c2cccc3c2n1CCC3. The Morgan fingerprint density at radius 1 is 1.08 bits per heavy atom. The van der Waals surface area contributed by atoms with Crippen LogP contribution in [0.5, 0.6) is 5.88 Å². The summed E-state index contributed by atoms with van der Waals surface area (Å²) in [5, 5.41) is 20.8. The zero-order valence-electron chi connectivity index (χ0n) is 12.8. The van der Waals surface area contributed by atoms with Gasteiger partial charge >= 0.3 is 0 Å². The second kappa shape index (κ2) is 5.14. The van der Waals surface area contributed by atoms with Crippen LogP contribution < -0.4 is 0 Å². The van der Waals surface area contributed by atoms with E-state index in [1.807, 2.05) is 41.0 Å². The molecular formula is C18H14N4OS. The lowest BCUT2D eigenvalue weighted by Gasteiger charge is -2.15. The van der Waals surface area contributed by atoms with Gasteiger partial charge in [-0.25, -0.2) is 4.98 Å². The molecule has 118 valence electrons. The Hall–Kier alpha value is -2.73. The van der Waals surface area contributed by atoms with Gasteiger partial charge in [-0.05, 0) is 30.5 Å². The second-order valence-electron chi connectivity index (χ2n) is 5.90. The molecule has 0 fully saturated rings. The van der Waals surface area contributed by atoms with Crippen LogP contribution in [0.15, 0.2) is 52.7 Å². The van der Waals surface area contributed by atoms with Crippen molar-refractivity contribution in [2.75, 3.05) is 0 Å². The molecule has 6 heteroatoms. The monoisotopic (exact) mass is 334 g/mol. The predicted octanol–water partition coefficient (Wildman–Crippen LogP) is 5.32. The van der Waals surface area contributed by atoms with Crippen molar-refractivity contribution in [1.29, 1.82) is 0 Å². The van der Waals surface area contributed by atoms with Gasteiger partial charge in [0.15, 0.2) is 5.69 Å². The van der Waals surface area contributed by atoms with E-state index >= 15 is 0 Å². The fourth-order valence-electron chi connectivity index (χ4n) is 3.40. The number of aryl methyl sites for hydroxylation is 2. The largest absolute Gasteiger partial charge is 0.493 e. The molecule has 4 aromatic rings. The van der Waals surface area contributed by atoms with E-state index in [1.165, 1.54) is 16.9 Å². The van der Waals surface area contributed by atoms with Crippen molar-refractivity contribution in [3.8, 4) is 5.88 Å². The Morgan fingerprint density at radius 2 is 2.00 bits per heavy atom. The molecule has 5 rings (SSSR count). The normalized spacial score (nSPS) is 14.2. The fraction of sp³-hybridized carbons (Fsp3) is 0.167. The first-order chi connectivity index (χ1) is 11.8. The van der Waals surface area contributed by atoms with E-state index in [2.05, 4.69) is 21.3 Å². The van der Waals surface area contributed by atoms with Crippen molar-refractivity contribution in [3.63, 3.8) is 0 Å². The molecule has 1 N–H and O–H groups in total. The van der Waals surface area contributed by atoms with E-state index in [4.69, 9.17) is 0 Å². The van der Waals surface area contributed by atoms with E-state index < -0.39 is 0 Å². The van der Waals surface area contributed by atoms with Crippen LogP contribution in [0.2, 0.25) is 0 Å². The van der Waals surface area contributed by atoms with Gasteiger partial charge in [0.1, 0.15) is 0 Å². The number of para-hydroxylation sites is 2.